The van der Waals surface area contributed by atoms with Crippen LogP contribution in [0.3, 0.4) is 0 Å². The van der Waals surface area contributed by atoms with Crippen LogP contribution in [0.25, 0.3) is 0 Å². The van der Waals surface area contributed by atoms with Crippen LogP contribution >= 0.6 is 0 Å². The first-order valence-corrected chi connectivity index (χ1v) is 10.1. The summed E-state index contributed by atoms with van der Waals surface area (Å²) in [5.41, 5.74) is 11.5. The first kappa shape index (κ1) is 26.6. The molecule has 0 saturated heterocycles. The van der Waals surface area contributed by atoms with Crippen molar-refractivity contribution in [3.05, 3.63) is 35.9 Å². The second-order valence-corrected chi connectivity index (χ2v) is 7.82. The van der Waals surface area contributed by atoms with Crippen molar-refractivity contribution in [3.8, 4) is 0 Å². The summed E-state index contributed by atoms with van der Waals surface area (Å²) >= 11 is 0. The number of rotatable bonds is 12. The SMILES string of the molecule is CC(NC(=O)C(N)C(C)C)C(=O)NC(Cc1ccccc1)C(=O)NC(CC(N)=O)C(=O)O. The van der Waals surface area contributed by atoms with Crippen molar-refractivity contribution in [1.29, 1.82) is 0 Å². The Morgan fingerprint density at radius 3 is 1.94 bits per heavy atom. The van der Waals surface area contributed by atoms with Crippen LogP contribution in [0.15, 0.2) is 30.3 Å². The number of amides is 4. The molecular weight excluding hydrogens is 418 g/mol. The van der Waals surface area contributed by atoms with Crippen LogP contribution in [-0.2, 0) is 30.4 Å². The van der Waals surface area contributed by atoms with Gasteiger partial charge in [0.1, 0.15) is 18.1 Å². The molecule has 1 aromatic carbocycles. The summed E-state index contributed by atoms with van der Waals surface area (Å²) in [6.45, 7) is 4.96. The van der Waals surface area contributed by atoms with Crippen molar-refractivity contribution in [2.45, 2.75) is 57.8 Å². The van der Waals surface area contributed by atoms with Gasteiger partial charge in [-0.05, 0) is 18.4 Å². The van der Waals surface area contributed by atoms with Crippen molar-refractivity contribution in [3.63, 3.8) is 0 Å². The lowest BCUT2D eigenvalue weighted by Crippen LogP contribution is -2.57. The Morgan fingerprint density at radius 1 is 0.875 bits per heavy atom. The molecule has 0 heterocycles. The monoisotopic (exact) mass is 449 g/mol. The fraction of sp³-hybridized carbons (Fsp3) is 0.476. The number of carboxylic acids is 1. The van der Waals surface area contributed by atoms with E-state index in [-0.39, 0.29) is 12.3 Å². The summed E-state index contributed by atoms with van der Waals surface area (Å²) < 4.78 is 0. The average molecular weight is 450 g/mol. The van der Waals surface area contributed by atoms with Crippen LogP contribution in [0, 0.1) is 5.92 Å². The summed E-state index contributed by atoms with van der Waals surface area (Å²) in [6, 6.07) is 4.21. The third-order valence-corrected chi connectivity index (χ3v) is 4.71. The number of carbonyl (C=O) groups is 5. The van der Waals surface area contributed by atoms with Crippen LogP contribution in [0.2, 0.25) is 0 Å². The van der Waals surface area contributed by atoms with Crippen LogP contribution in [0.4, 0.5) is 0 Å². The number of nitrogens with two attached hydrogens (primary N) is 2. The fourth-order valence-electron chi connectivity index (χ4n) is 2.71. The summed E-state index contributed by atoms with van der Waals surface area (Å²) in [7, 11) is 0. The van der Waals surface area contributed by atoms with E-state index in [1.54, 1.807) is 44.2 Å². The van der Waals surface area contributed by atoms with Gasteiger partial charge in [0, 0.05) is 6.42 Å². The predicted octanol–water partition coefficient (Wildman–Crippen LogP) is -1.35. The number of primary amides is 1. The summed E-state index contributed by atoms with van der Waals surface area (Å²) in [4.78, 5) is 60.0. The summed E-state index contributed by atoms with van der Waals surface area (Å²) in [6.07, 6.45) is -0.555. The van der Waals surface area contributed by atoms with E-state index in [0.717, 1.165) is 0 Å². The van der Waals surface area contributed by atoms with Gasteiger partial charge in [-0.3, -0.25) is 19.2 Å². The Bertz CT molecular complexity index is 829. The fourth-order valence-corrected chi connectivity index (χ4v) is 2.71. The molecule has 176 valence electrons. The lowest BCUT2D eigenvalue weighted by Gasteiger charge is -2.24. The van der Waals surface area contributed by atoms with Crippen LogP contribution < -0.4 is 27.4 Å². The molecule has 0 saturated carbocycles. The van der Waals surface area contributed by atoms with Crippen LogP contribution in [0.5, 0.6) is 0 Å². The van der Waals surface area contributed by atoms with Crippen LogP contribution in [-0.4, -0.2) is 58.9 Å². The Morgan fingerprint density at radius 2 is 1.44 bits per heavy atom. The number of hydrogen-bond acceptors (Lipinski definition) is 6. The molecule has 4 amide bonds. The first-order valence-electron chi connectivity index (χ1n) is 10.1. The maximum absolute atomic E-state index is 12.8. The zero-order chi connectivity index (χ0) is 24.4. The standard InChI is InChI=1S/C21H31N5O6/c1-11(2)17(23)20(30)24-12(3)18(28)25-14(9-13-7-5-4-6-8-13)19(29)26-15(21(31)32)10-16(22)27/h4-8,11-12,14-15,17H,9-10,23H2,1-3H3,(H2,22,27)(H,24,30)(H,25,28)(H,26,29)(H,31,32). The van der Waals surface area contributed by atoms with E-state index in [1.165, 1.54) is 6.92 Å². The zero-order valence-corrected chi connectivity index (χ0v) is 18.3. The highest BCUT2D eigenvalue weighted by molar-refractivity contribution is 5.94. The van der Waals surface area contributed by atoms with E-state index in [2.05, 4.69) is 16.0 Å². The molecule has 0 aliphatic rings. The van der Waals surface area contributed by atoms with Gasteiger partial charge in [0.25, 0.3) is 0 Å². The Kier molecular flexibility index (Phi) is 10.3. The van der Waals surface area contributed by atoms with E-state index < -0.39 is 60.2 Å². The van der Waals surface area contributed by atoms with Gasteiger partial charge in [-0.15, -0.1) is 0 Å². The largest absolute Gasteiger partial charge is 0.480 e. The maximum Gasteiger partial charge on any atom is 0.326 e. The highest BCUT2D eigenvalue weighted by atomic mass is 16.4. The molecule has 0 aliphatic heterocycles. The molecule has 4 unspecified atom stereocenters. The number of benzene rings is 1. The molecule has 11 heteroatoms. The molecule has 0 spiro atoms. The van der Waals surface area contributed by atoms with Gasteiger partial charge in [0.15, 0.2) is 0 Å². The van der Waals surface area contributed by atoms with Crippen molar-refractivity contribution in [2.75, 3.05) is 0 Å². The van der Waals surface area contributed by atoms with Crippen molar-refractivity contribution in [2.24, 2.45) is 17.4 Å². The second kappa shape index (κ2) is 12.4. The molecular formula is C21H31N5O6. The molecule has 0 radical (unpaired) electrons. The lowest BCUT2D eigenvalue weighted by atomic mass is 10.0. The summed E-state index contributed by atoms with van der Waals surface area (Å²) in [5.74, 6) is -4.47. The van der Waals surface area contributed by atoms with Crippen molar-refractivity contribution in [1.82, 2.24) is 16.0 Å². The van der Waals surface area contributed by atoms with E-state index in [0.29, 0.717) is 5.56 Å². The molecule has 0 fully saturated rings. The minimum atomic E-state index is -1.55. The topological polar surface area (TPSA) is 194 Å². The van der Waals surface area contributed by atoms with E-state index in [1.807, 2.05) is 0 Å². The highest BCUT2D eigenvalue weighted by Gasteiger charge is 2.30. The highest BCUT2D eigenvalue weighted by Crippen LogP contribution is 2.06. The number of aliphatic carboxylic acids is 1. The molecule has 0 aliphatic carbocycles. The summed E-state index contributed by atoms with van der Waals surface area (Å²) in [5, 5.41) is 16.5. The van der Waals surface area contributed by atoms with E-state index in [9.17, 15) is 29.1 Å². The minimum Gasteiger partial charge on any atom is -0.480 e. The third kappa shape index (κ3) is 8.72. The molecule has 1 aromatic rings. The normalized spacial score (nSPS) is 14.5. The second-order valence-electron chi connectivity index (χ2n) is 7.82. The van der Waals surface area contributed by atoms with Crippen molar-refractivity contribution < 1.29 is 29.1 Å². The van der Waals surface area contributed by atoms with Gasteiger partial charge in [-0.2, -0.15) is 0 Å². The number of nitrogens with one attached hydrogen (secondary N) is 3. The Labute approximate surface area is 186 Å². The van der Waals surface area contributed by atoms with Gasteiger partial charge in [0.2, 0.25) is 23.6 Å². The third-order valence-electron chi connectivity index (χ3n) is 4.71. The van der Waals surface area contributed by atoms with E-state index in [4.69, 9.17) is 11.5 Å². The van der Waals surface area contributed by atoms with Gasteiger partial charge < -0.3 is 32.5 Å². The average Bonchev–Trinajstić information content (AvgIpc) is 2.72. The molecule has 8 N–H and O–H groups in total. The number of carboxylic acid groups (broad SMARTS) is 1. The van der Waals surface area contributed by atoms with Gasteiger partial charge in [0.05, 0.1) is 12.5 Å². The molecule has 0 aromatic heterocycles. The molecule has 32 heavy (non-hydrogen) atoms. The lowest BCUT2D eigenvalue weighted by molar-refractivity contribution is -0.143. The van der Waals surface area contributed by atoms with Gasteiger partial charge in [-0.25, -0.2) is 4.79 Å². The first-order chi connectivity index (χ1) is 14.9. The van der Waals surface area contributed by atoms with Gasteiger partial charge in [-0.1, -0.05) is 44.2 Å². The number of hydrogen-bond donors (Lipinski definition) is 6. The molecule has 11 nitrogen and oxygen atoms in total. The molecule has 4 atom stereocenters. The maximum atomic E-state index is 12.8. The van der Waals surface area contributed by atoms with E-state index >= 15 is 0 Å². The predicted molar refractivity (Wildman–Crippen MR) is 116 cm³/mol. The zero-order valence-electron chi connectivity index (χ0n) is 18.3. The smallest absolute Gasteiger partial charge is 0.326 e. The quantitative estimate of drug-likeness (QED) is 0.227. The van der Waals surface area contributed by atoms with Crippen molar-refractivity contribution >= 4 is 29.6 Å². The Balaban J connectivity index is 2.96. The molecule has 1 rings (SSSR count). The van der Waals surface area contributed by atoms with Gasteiger partial charge >= 0.3 is 5.97 Å². The minimum absolute atomic E-state index is 0.0491. The van der Waals surface area contributed by atoms with Crippen LogP contribution in [0.1, 0.15) is 32.8 Å². The molecule has 0 bridgehead atoms. The number of carbonyl (C=O) groups excluding carboxylic acids is 4. The Hall–Kier alpha value is -3.47.